The zero-order chi connectivity index (χ0) is 14.9. The molecule has 0 saturated carbocycles. The van der Waals surface area contributed by atoms with Gasteiger partial charge in [0.1, 0.15) is 0 Å². The fraction of sp³-hybridized carbons (Fsp3) is 1.00. The second-order valence-corrected chi connectivity index (χ2v) is 15.0. The molecule has 19 heavy (non-hydrogen) atoms. The summed E-state index contributed by atoms with van der Waals surface area (Å²) >= 11 is 0. The van der Waals surface area contributed by atoms with E-state index < -0.39 is 24.2 Å². The molecule has 0 aromatic heterocycles. The Hall–Kier alpha value is 0.757. The average Bonchev–Trinajstić information content (AvgIpc) is 2.40. The Bertz CT molecular complexity index is 292. The Kier molecular flexibility index (Phi) is 10.0. The first-order valence-corrected chi connectivity index (χ1v) is 12.3. The van der Waals surface area contributed by atoms with Gasteiger partial charge in [0.25, 0.3) is 6.72 Å². The summed E-state index contributed by atoms with van der Waals surface area (Å²) in [5, 5.41) is 0. The van der Waals surface area contributed by atoms with Crippen LogP contribution in [0.25, 0.3) is 0 Å². The van der Waals surface area contributed by atoms with Gasteiger partial charge in [0.15, 0.2) is 0 Å². The molecular weight excluding hydrogens is 307 g/mol. The highest BCUT2D eigenvalue weighted by atomic mass is 32.7. The minimum Gasteiger partial charge on any atom is -0.369 e. The highest BCUT2D eigenvalue weighted by Crippen LogP contribution is 2.52. The minimum atomic E-state index is -3.05. The molecule has 0 aliphatic heterocycles. The zero-order valence-corrected chi connectivity index (χ0v) is 15.4. The summed E-state index contributed by atoms with van der Waals surface area (Å²) in [6.45, 7) is 3.38. The van der Waals surface area contributed by atoms with Crippen molar-refractivity contribution in [2.24, 2.45) is 0 Å². The lowest BCUT2D eigenvalue weighted by atomic mass is 10.6. The second-order valence-electron chi connectivity index (χ2n) is 3.49. The summed E-state index contributed by atoms with van der Waals surface area (Å²) < 4.78 is 27.6. The van der Waals surface area contributed by atoms with E-state index in [-0.39, 0.29) is 0 Å². The van der Waals surface area contributed by atoms with Crippen molar-refractivity contribution in [3.8, 4) is 0 Å². The molecule has 9 heteroatoms. The third kappa shape index (κ3) is 4.91. The van der Waals surface area contributed by atoms with E-state index in [1.54, 1.807) is 0 Å². The highest BCUT2D eigenvalue weighted by Gasteiger charge is 2.48. The van der Waals surface area contributed by atoms with Crippen LogP contribution in [-0.2, 0) is 31.8 Å². The maximum atomic E-state index is 10.8. The van der Waals surface area contributed by atoms with Gasteiger partial charge in [-0.3, -0.25) is 0 Å². The molecule has 1 N–H and O–H groups in total. The Morgan fingerprint density at radius 1 is 0.947 bits per heavy atom. The molecule has 0 saturated heterocycles. The molecular formula is C10H27O6PSSi. The first-order valence-electron chi connectivity index (χ1n) is 6.28. The fourth-order valence-electron chi connectivity index (χ4n) is 1.60. The molecule has 0 aliphatic rings. The van der Waals surface area contributed by atoms with Crippen LogP contribution >= 0.6 is 6.72 Å². The highest BCUT2D eigenvalue weighted by molar-refractivity contribution is 8.44. The molecule has 6 nitrogen and oxygen atoms in total. The molecule has 0 aromatic rings. The summed E-state index contributed by atoms with van der Waals surface area (Å²) in [7, 11) is 0.886. The zero-order valence-electron chi connectivity index (χ0n) is 12.7. The van der Waals surface area contributed by atoms with Crippen molar-refractivity contribution >= 4 is 24.2 Å². The summed E-state index contributed by atoms with van der Waals surface area (Å²) in [6.07, 6.45) is 0.858. The van der Waals surface area contributed by atoms with Crippen molar-refractivity contribution < 1.29 is 27.2 Å². The van der Waals surface area contributed by atoms with Crippen molar-refractivity contribution in [2.75, 3.05) is 40.3 Å². The van der Waals surface area contributed by atoms with Crippen LogP contribution in [0.2, 0.25) is 0 Å². The number of hydrogen-bond donors (Lipinski definition) is 1. The van der Waals surface area contributed by atoms with Crippen molar-refractivity contribution in [1.29, 1.82) is 0 Å². The van der Waals surface area contributed by atoms with Gasteiger partial charge in [-0.2, -0.15) is 0 Å². The predicted molar refractivity (Wildman–Crippen MR) is 81.7 cm³/mol. The van der Waals surface area contributed by atoms with Crippen LogP contribution in [-0.4, -0.2) is 53.1 Å². The lowest BCUT2D eigenvalue weighted by molar-refractivity contribution is 0.151. The van der Waals surface area contributed by atoms with Gasteiger partial charge in [0.2, 0.25) is 0 Å². The van der Waals surface area contributed by atoms with Crippen LogP contribution in [0.1, 0.15) is 27.2 Å². The average molecular weight is 334 g/mol. The third-order valence-electron chi connectivity index (χ3n) is 2.30. The van der Waals surface area contributed by atoms with E-state index in [0.29, 0.717) is 19.0 Å². The predicted octanol–water partition coefficient (Wildman–Crippen LogP) is 2.13. The smallest absolute Gasteiger partial charge is 0.369 e. The van der Waals surface area contributed by atoms with Crippen LogP contribution in [0, 0.1) is 0 Å². The molecule has 0 aliphatic carbocycles. The van der Waals surface area contributed by atoms with E-state index >= 15 is 0 Å². The third-order valence-corrected chi connectivity index (χ3v) is 17.7. The Balaban J connectivity index is 5.91. The molecule has 0 radical (unpaired) electrons. The number of hydrogen-bond acceptors (Lipinski definition) is 5. The molecule has 0 spiro atoms. The van der Waals surface area contributed by atoms with E-state index in [4.69, 9.17) is 22.3 Å². The summed E-state index contributed by atoms with van der Waals surface area (Å²) in [5.74, 6) is 0.687. The molecule has 0 heterocycles. The van der Waals surface area contributed by atoms with Crippen molar-refractivity contribution in [3.63, 3.8) is 0 Å². The molecule has 0 fully saturated rings. The van der Waals surface area contributed by atoms with Crippen molar-refractivity contribution in [1.82, 2.24) is 0 Å². The SMILES string of the molecule is CCCS([Si](OC)(OC)OC)=P(O)(OCC)OCC. The first-order chi connectivity index (χ1) is 9.00. The molecule has 0 aromatic carbocycles. The van der Waals surface area contributed by atoms with Crippen LogP contribution in [0.4, 0.5) is 0 Å². The standard InChI is InChI=1S/C10H27O6PSSi/c1-7-10-18(19(12-4,13-5)14-6)17(11,15-8-2)16-9-3/h11H,7-10H2,1-6H3. The normalized spacial score (nSPS) is 14.7. The number of rotatable bonds is 10. The van der Waals surface area contributed by atoms with Crippen LogP contribution in [0.15, 0.2) is 0 Å². The van der Waals surface area contributed by atoms with E-state index in [1.807, 2.05) is 20.8 Å². The van der Waals surface area contributed by atoms with Crippen molar-refractivity contribution in [2.45, 2.75) is 27.2 Å². The summed E-state index contributed by atoms with van der Waals surface area (Å²) in [5.41, 5.74) is 0. The molecule has 0 rings (SSSR count). The first kappa shape index (κ1) is 19.8. The molecule has 1 unspecified atom stereocenters. The minimum absolute atomic E-state index is 0.374. The topological polar surface area (TPSA) is 66.4 Å². The molecule has 0 bridgehead atoms. The van der Waals surface area contributed by atoms with Gasteiger partial charge in [0, 0.05) is 21.3 Å². The van der Waals surface area contributed by atoms with Gasteiger partial charge in [-0.15, -0.1) is 0 Å². The largest absolute Gasteiger partial charge is 0.573 e. The lowest BCUT2D eigenvalue weighted by Crippen LogP contribution is -2.49. The van der Waals surface area contributed by atoms with Gasteiger partial charge in [-0.05, 0) is 26.0 Å². The molecule has 0 amide bonds. The van der Waals surface area contributed by atoms with Gasteiger partial charge in [-0.1, -0.05) is 16.4 Å². The van der Waals surface area contributed by atoms with Crippen LogP contribution in [0.5, 0.6) is 0 Å². The van der Waals surface area contributed by atoms with E-state index in [2.05, 4.69) is 0 Å². The van der Waals surface area contributed by atoms with Crippen LogP contribution < -0.4 is 0 Å². The summed E-state index contributed by atoms with van der Waals surface area (Å²) in [4.78, 5) is 10.8. The van der Waals surface area contributed by atoms with Gasteiger partial charge in [-0.25, -0.2) is 0 Å². The van der Waals surface area contributed by atoms with E-state index in [1.165, 1.54) is 21.3 Å². The maximum Gasteiger partial charge on any atom is 0.573 e. The van der Waals surface area contributed by atoms with E-state index in [0.717, 1.165) is 6.42 Å². The maximum absolute atomic E-state index is 10.8. The van der Waals surface area contributed by atoms with E-state index in [9.17, 15) is 4.89 Å². The Morgan fingerprint density at radius 2 is 1.37 bits per heavy atom. The molecule has 118 valence electrons. The van der Waals surface area contributed by atoms with Gasteiger partial charge < -0.3 is 27.2 Å². The summed E-state index contributed by atoms with van der Waals surface area (Å²) in [6, 6.07) is 0. The lowest BCUT2D eigenvalue weighted by Gasteiger charge is -2.32. The second kappa shape index (κ2) is 9.65. The monoisotopic (exact) mass is 334 g/mol. The Morgan fingerprint density at radius 3 is 1.63 bits per heavy atom. The van der Waals surface area contributed by atoms with Crippen LogP contribution in [0.3, 0.4) is 0 Å². The van der Waals surface area contributed by atoms with Crippen molar-refractivity contribution in [3.05, 3.63) is 0 Å². The quantitative estimate of drug-likeness (QED) is 0.488. The molecule has 1 atom stereocenters. The van der Waals surface area contributed by atoms with Gasteiger partial charge >= 0.3 is 7.95 Å². The Labute approximate surface area is 119 Å². The van der Waals surface area contributed by atoms with Gasteiger partial charge in [0.05, 0.1) is 13.2 Å². The fourth-order valence-corrected chi connectivity index (χ4v) is 16.9.